The number of aliphatic imine (C=N–C) groups is 1. The van der Waals surface area contributed by atoms with Crippen molar-refractivity contribution in [2.24, 2.45) is 4.99 Å². The molecule has 0 bridgehead atoms. The lowest BCUT2D eigenvalue weighted by Crippen LogP contribution is -2.42. The van der Waals surface area contributed by atoms with Crippen molar-refractivity contribution in [3.63, 3.8) is 0 Å². The van der Waals surface area contributed by atoms with Gasteiger partial charge >= 0.3 is 0 Å². The van der Waals surface area contributed by atoms with Gasteiger partial charge in [-0.05, 0) is 56.4 Å². The zero-order valence-electron chi connectivity index (χ0n) is 15.6. The highest BCUT2D eigenvalue weighted by Crippen LogP contribution is 2.39. The molecule has 1 heterocycles. The Bertz CT molecular complexity index is 871. The van der Waals surface area contributed by atoms with Crippen molar-refractivity contribution in [1.82, 2.24) is 0 Å². The van der Waals surface area contributed by atoms with E-state index in [1.54, 1.807) is 0 Å². The molecule has 27 heavy (non-hydrogen) atoms. The van der Waals surface area contributed by atoms with E-state index in [1.165, 1.54) is 31.0 Å². The molecule has 4 rings (SSSR count). The average Bonchev–Trinajstić information content (AvgIpc) is 2.67. The molecule has 1 aliphatic carbocycles. The van der Waals surface area contributed by atoms with Crippen LogP contribution in [0.2, 0.25) is 0 Å². The summed E-state index contributed by atoms with van der Waals surface area (Å²) >= 11 is 1.54. The minimum atomic E-state index is -0.193. The fourth-order valence-electron chi connectivity index (χ4n) is 3.85. The molecule has 2 aromatic rings. The van der Waals surface area contributed by atoms with Crippen molar-refractivity contribution in [3.05, 3.63) is 59.7 Å². The molecule has 4 nitrogen and oxygen atoms in total. The fourth-order valence-corrected chi connectivity index (χ4v) is 4.76. The summed E-state index contributed by atoms with van der Waals surface area (Å²) in [6.07, 6.45) is 5.79. The number of thioether (sulfide) groups is 1. The summed E-state index contributed by atoms with van der Waals surface area (Å²) < 4.78 is 0. The maximum absolute atomic E-state index is 12.4. The Morgan fingerprint density at radius 1 is 1.15 bits per heavy atom. The standard InChI is InChI=1S/C22H25N3OS/c1-16-8-7-9-17(14-16)23-20(26)15-27-21-18-10-3-4-11-19(18)24-22(25-21)12-5-2-6-13-22/h3-4,7-11,14,24H,2,5-6,12-13,15H2,1H3,(H,23,26). The van der Waals surface area contributed by atoms with Gasteiger partial charge in [-0.1, -0.05) is 48.5 Å². The van der Waals surface area contributed by atoms with Crippen LogP contribution in [0.25, 0.3) is 0 Å². The van der Waals surface area contributed by atoms with Gasteiger partial charge in [-0.25, -0.2) is 4.99 Å². The largest absolute Gasteiger partial charge is 0.361 e. The molecule has 0 aromatic heterocycles. The van der Waals surface area contributed by atoms with E-state index in [9.17, 15) is 4.79 Å². The van der Waals surface area contributed by atoms with Crippen LogP contribution in [-0.4, -0.2) is 22.4 Å². The van der Waals surface area contributed by atoms with Gasteiger partial charge in [0.15, 0.2) is 0 Å². The smallest absolute Gasteiger partial charge is 0.234 e. The molecule has 1 fully saturated rings. The molecular formula is C22H25N3OS. The molecule has 2 aromatic carbocycles. The van der Waals surface area contributed by atoms with E-state index in [0.717, 1.165) is 40.4 Å². The van der Waals surface area contributed by atoms with Crippen LogP contribution in [-0.2, 0) is 4.79 Å². The van der Waals surface area contributed by atoms with E-state index in [2.05, 4.69) is 28.8 Å². The minimum Gasteiger partial charge on any atom is -0.361 e. The van der Waals surface area contributed by atoms with Gasteiger partial charge < -0.3 is 10.6 Å². The Labute approximate surface area is 164 Å². The highest BCUT2D eigenvalue weighted by Gasteiger charge is 2.36. The maximum atomic E-state index is 12.4. The third-order valence-corrected chi connectivity index (χ3v) is 6.15. The maximum Gasteiger partial charge on any atom is 0.234 e. The monoisotopic (exact) mass is 379 g/mol. The van der Waals surface area contributed by atoms with E-state index >= 15 is 0 Å². The lowest BCUT2D eigenvalue weighted by Gasteiger charge is -2.39. The Hall–Kier alpha value is -2.27. The molecule has 1 amide bonds. The summed E-state index contributed by atoms with van der Waals surface area (Å²) in [5.74, 6) is 0.360. The van der Waals surface area contributed by atoms with E-state index in [4.69, 9.17) is 4.99 Å². The second-order valence-corrected chi connectivity index (χ2v) is 8.35. The number of anilines is 2. The first-order chi connectivity index (χ1) is 13.1. The second-order valence-electron chi connectivity index (χ2n) is 7.39. The molecule has 0 saturated heterocycles. The van der Waals surface area contributed by atoms with Crippen LogP contribution in [0, 0.1) is 6.92 Å². The van der Waals surface area contributed by atoms with Gasteiger partial charge in [0.05, 0.1) is 5.75 Å². The number of amides is 1. The Balaban J connectivity index is 1.49. The van der Waals surface area contributed by atoms with Crippen LogP contribution in [0.3, 0.4) is 0 Å². The second kappa shape index (κ2) is 7.77. The number of benzene rings is 2. The first-order valence-electron chi connectivity index (χ1n) is 9.60. The van der Waals surface area contributed by atoms with Crippen LogP contribution in [0.1, 0.15) is 43.2 Å². The van der Waals surface area contributed by atoms with E-state index in [-0.39, 0.29) is 11.6 Å². The van der Waals surface area contributed by atoms with E-state index < -0.39 is 0 Å². The molecule has 2 aliphatic rings. The predicted molar refractivity (Wildman–Crippen MR) is 115 cm³/mol. The minimum absolute atomic E-state index is 0.00186. The number of carbonyl (C=O) groups excluding carboxylic acids is 1. The zero-order valence-corrected chi connectivity index (χ0v) is 16.4. The van der Waals surface area contributed by atoms with Crippen LogP contribution < -0.4 is 10.6 Å². The number of aryl methyl sites for hydroxylation is 1. The lowest BCUT2D eigenvalue weighted by molar-refractivity contribution is -0.113. The summed E-state index contributed by atoms with van der Waals surface area (Å²) in [5, 5.41) is 7.64. The number of rotatable bonds is 3. The molecule has 1 saturated carbocycles. The summed E-state index contributed by atoms with van der Waals surface area (Å²) in [5.41, 5.74) is 4.02. The molecule has 2 N–H and O–H groups in total. The highest BCUT2D eigenvalue weighted by atomic mass is 32.2. The van der Waals surface area contributed by atoms with Crippen LogP contribution >= 0.6 is 11.8 Å². The van der Waals surface area contributed by atoms with Crippen molar-refractivity contribution in [1.29, 1.82) is 0 Å². The molecule has 140 valence electrons. The molecule has 0 radical (unpaired) electrons. The number of hydrogen-bond acceptors (Lipinski definition) is 4. The van der Waals surface area contributed by atoms with Crippen LogP contribution in [0.5, 0.6) is 0 Å². The quantitative estimate of drug-likeness (QED) is 0.771. The SMILES string of the molecule is Cc1cccc(NC(=O)CSC2=NC3(CCCCC3)Nc3ccccc32)c1. The van der Waals surface area contributed by atoms with Gasteiger partial charge in [0.25, 0.3) is 0 Å². The summed E-state index contributed by atoms with van der Waals surface area (Å²) in [4.78, 5) is 17.5. The van der Waals surface area contributed by atoms with Crippen molar-refractivity contribution >= 4 is 34.1 Å². The van der Waals surface area contributed by atoms with Crippen LogP contribution in [0.4, 0.5) is 11.4 Å². The first kappa shape index (κ1) is 18.1. The normalized spacial score (nSPS) is 17.6. The number of nitrogens with one attached hydrogen (secondary N) is 2. The number of fused-ring (bicyclic) bond motifs is 1. The summed E-state index contributed by atoms with van der Waals surface area (Å²) in [6, 6.07) is 16.2. The van der Waals surface area contributed by atoms with Crippen molar-refractivity contribution in [2.45, 2.75) is 44.7 Å². The average molecular weight is 380 g/mol. The number of para-hydroxylation sites is 1. The summed E-state index contributed by atoms with van der Waals surface area (Å²) in [7, 11) is 0. The fraction of sp³-hybridized carbons (Fsp3) is 0.364. The third kappa shape index (κ3) is 4.19. The molecule has 0 atom stereocenters. The third-order valence-electron chi connectivity index (χ3n) is 5.16. The molecular weight excluding hydrogens is 354 g/mol. The topological polar surface area (TPSA) is 53.5 Å². The Morgan fingerprint density at radius 2 is 1.96 bits per heavy atom. The zero-order chi connectivity index (χ0) is 18.7. The van der Waals surface area contributed by atoms with Gasteiger partial charge in [0, 0.05) is 16.9 Å². The van der Waals surface area contributed by atoms with Crippen molar-refractivity contribution in [3.8, 4) is 0 Å². The highest BCUT2D eigenvalue weighted by molar-refractivity contribution is 8.15. The van der Waals surface area contributed by atoms with Gasteiger partial charge in [0.2, 0.25) is 5.91 Å². The van der Waals surface area contributed by atoms with Crippen molar-refractivity contribution in [2.75, 3.05) is 16.4 Å². The lowest BCUT2D eigenvalue weighted by atomic mass is 9.88. The molecule has 1 spiro atoms. The molecule has 5 heteroatoms. The molecule has 1 aliphatic heterocycles. The number of nitrogens with zero attached hydrogens (tertiary/aromatic N) is 1. The Morgan fingerprint density at radius 3 is 2.78 bits per heavy atom. The van der Waals surface area contributed by atoms with Gasteiger partial charge in [-0.3, -0.25) is 4.79 Å². The van der Waals surface area contributed by atoms with E-state index in [0.29, 0.717) is 5.75 Å². The van der Waals surface area contributed by atoms with Gasteiger partial charge in [0.1, 0.15) is 10.7 Å². The van der Waals surface area contributed by atoms with Gasteiger partial charge in [-0.2, -0.15) is 0 Å². The number of hydrogen-bond donors (Lipinski definition) is 2. The molecule has 0 unspecified atom stereocenters. The first-order valence-corrected chi connectivity index (χ1v) is 10.6. The summed E-state index contributed by atoms with van der Waals surface area (Å²) in [6.45, 7) is 2.02. The van der Waals surface area contributed by atoms with Crippen LogP contribution in [0.15, 0.2) is 53.5 Å². The van der Waals surface area contributed by atoms with Crippen molar-refractivity contribution < 1.29 is 4.79 Å². The Kier molecular flexibility index (Phi) is 5.21. The van der Waals surface area contributed by atoms with E-state index in [1.807, 2.05) is 37.3 Å². The number of carbonyl (C=O) groups is 1. The predicted octanol–water partition coefficient (Wildman–Crippen LogP) is 5.20. The van der Waals surface area contributed by atoms with Gasteiger partial charge in [-0.15, -0.1) is 0 Å².